The summed E-state index contributed by atoms with van der Waals surface area (Å²) in [6.45, 7) is 6.18. The van der Waals surface area contributed by atoms with Crippen molar-refractivity contribution in [1.82, 2.24) is 10.6 Å². The Hall–Kier alpha value is -0.570. The second kappa shape index (κ2) is 7.70. The zero-order valence-corrected chi connectivity index (χ0v) is 11.5. The van der Waals surface area contributed by atoms with Gasteiger partial charge in [0.05, 0.1) is 5.54 Å². The summed E-state index contributed by atoms with van der Waals surface area (Å²) in [6, 6.07) is 0. The third kappa shape index (κ3) is 4.30. The number of amides is 1. The van der Waals surface area contributed by atoms with Crippen molar-refractivity contribution in [3.63, 3.8) is 0 Å². The Labute approximate surface area is 106 Å². The molecule has 17 heavy (non-hydrogen) atoms. The van der Waals surface area contributed by atoms with E-state index in [0.29, 0.717) is 0 Å². The number of carbonyl (C=O) groups excluding carboxylic acids is 1. The average Bonchev–Trinajstić information content (AvgIpc) is 2.79. The van der Waals surface area contributed by atoms with Gasteiger partial charge in [0.15, 0.2) is 0 Å². The van der Waals surface area contributed by atoms with Gasteiger partial charge in [-0.15, -0.1) is 0 Å². The summed E-state index contributed by atoms with van der Waals surface area (Å²) in [5.74, 6) is 0.230. The predicted molar refractivity (Wildman–Crippen MR) is 72.0 cm³/mol. The molecule has 0 aromatic carbocycles. The minimum absolute atomic E-state index is 0.230. The molecular weight excluding hydrogens is 212 g/mol. The van der Waals surface area contributed by atoms with Crippen LogP contribution in [0.4, 0.5) is 0 Å². The largest absolute Gasteiger partial charge is 0.354 e. The quantitative estimate of drug-likeness (QED) is 0.640. The van der Waals surface area contributed by atoms with Crippen LogP contribution in [0, 0.1) is 0 Å². The molecule has 0 saturated carbocycles. The van der Waals surface area contributed by atoms with E-state index >= 15 is 0 Å². The summed E-state index contributed by atoms with van der Waals surface area (Å²) in [5, 5.41) is 6.52. The van der Waals surface area contributed by atoms with E-state index in [9.17, 15) is 4.79 Å². The van der Waals surface area contributed by atoms with E-state index < -0.39 is 0 Å². The van der Waals surface area contributed by atoms with Crippen LogP contribution in [-0.2, 0) is 4.79 Å². The van der Waals surface area contributed by atoms with Crippen molar-refractivity contribution in [2.45, 2.75) is 70.8 Å². The first-order chi connectivity index (χ1) is 8.25. The van der Waals surface area contributed by atoms with Gasteiger partial charge in [0.1, 0.15) is 0 Å². The molecule has 3 heteroatoms. The first kappa shape index (κ1) is 14.5. The topological polar surface area (TPSA) is 41.1 Å². The van der Waals surface area contributed by atoms with E-state index in [2.05, 4.69) is 24.5 Å². The standard InChI is InChI=1S/C14H28N2O/c1-3-5-6-7-11-15-13(17)14(9-4-2)10-8-12-16-14/h16H,3-12H2,1-2H3,(H,15,17). The fourth-order valence-corrected chi connectivity index (χ4v) is 2.68. The maximum Gasteiger partial charge on any atom is 0.240 e. The predicted octanol–water partition coefficient (Wildman–Crippen LogP) is 2.61. The van der Waals surface area contributed by atoms with E-state index in [1.807, 2.05) is 0 Å². The van der Waals surface area contributed by atoms with Crippen molar-refractivity contribution in [3.8, 4) is 0 Å². The Morgan fingerprint density at radius 3 is 2.65 bits per heavy atom. The van der Waals surface area contributed by atoms with Gasteiger partial charge in [-0.05, 0) is 32.2 Å². The highest BCUT2D eigenvalue weighted by atomic mass is 16.2. The van der Waals surface area contributed by atoms with Crippen LogP contribution in [0.5, 0.6) is 0 Å². The van der Waals surface area contributed by atoms with E-state index in [-0.39, 0.29) is 11.4 Å². The molecule has 0 aromatic rings. The Kier molecular flexibility index (Phi) is 6.56. The molecule has 0 aromatic heterocycles. The zero-order chi connectivity index (χ0) is 12.6. The maximum absolute atomic E-state index is 12.2. The van der Waals surface area contributed by atoms with Gasteiger partial charge in [-0.2, -0.15) is 0 Å². The summed E-state index contributed by atoms with van der Waals surface area (Å²) in [6.07, 6.45) is 9.02. The van der Waals surface area contributed by atoms with Crippen molar-refractivity contribution in [2.75, 3.05) is 13.1 Å². The van der Waals surface area contributed by atoms with E-state index in [1.54, 1.807) is 0 Å². The minimum atomic E-state index is -0.250. The van der Waals surface area contributed by atoms with E-state index in [0.717, 1.165) is 45.2 Å². The smallest absolute Gasteiger partial charge is 0.240 e. The molecule has 1 rings (SSSR count). The van der Waals surface area contributed by atoms with Crippen LogP contribution in [0.2, 0.25) is 0 Å². The van der Waals surface area contributed by atoms with Gasteiger partial charge in [-0.25, -0.2) is 0 Å². The van der Waals surface area contributed by atoms with Crippen molar-refractivity contribution in [3.05, 3.63) is 0 Å². The van der Waals surface area contributed by atoms with Crippen molar-refractivity contribution in [1.29, 1.82) is 0 Å². The number of rotatable bonds is 8. The zero-order valence-electron chi connectivity index (χ0n) is 11.5. The van der Waals surface area contributed by atoms with Gasteiger partial charge >= 0.3 is 0 Å². The molecule has 3 nitrogen and oxygen atoms in total. The van der Waals surface area contributed by atoms with Gasteiger partial charge in [0.2, 0.25) is 5.91 Å². The highest BCUT2D eigenvalue weighted by Gasteiger charge is 2.39. The Morgan fingerprint density at radius 2 is 2.06 bits per heavy atom. The summed E-state index contributed by atoms with van der Waals surface area (Å²) in [7, 11) is 0. The van der Waals surface area contributed by atoms with Crippen molar-refractivity contribution < 1.29 is 4.79 Å². The average molecular weight is 240 g/mol. The summed E-state index contributed by atoms with van der Waals surface area (Å²) in [5.41, 5.74) is -0.250. The number of hydrogen-bond acceptors (Lipinski definition) is 2. The molecular formula is C14H28N2O. The molecule has 2 N–H and O–H groups in total. The highest BCUT2D eigenvalue weighted by Crippen LogP contribution is 2.24. The van der Waals surface area contributed by atoms with Crippen molar-refractivity contribution in [2.24, 2.45) is 0 Å². The molecule has 0 aliphatic carbocycles. The van der Waals surface area contributed by atoms with Gasteiger partial charge in [0, 0.05) is 6.54 Å². The van der Waals surface area contributed by atoms with Crippen LogP contribution in [0.25, 0.3) is 0 Å². The normalized spacial score (nSPS) is 23.9. The lowest BCUT2D eigenvalue weighted by atomic mass is 9.91. The molecule has 1 atom stereocenters. The van der Waals surface area contributed by atoms with Crippen LogP contribution in [0.3, 0.4) is 0 Å². The fourth-order valence-electron chi connectivity index (χ4n) is 2.68. The van der Waals surface area contributed by atoms with Gasteiger partial charge < -0.3 is 10.6 Å². The molecule has 1 fully saturated rings. The Balaban J connectivity index is 2.28. The van der Waals surface area contributed by atoms with Crippen LogP contribution < -0.4 is 10.6 Å². The van der Waals surface area contributed by atoms with Gasteiger partial charge in [-0.1, -0.05) is 39.5 Å². The van der Waals surface area contributed by atoms with Crippen molar-refractivity contribution >= 4 is 5.91 Å². The fraction of sp³-hybridized carbons (Fsp3) is 0.929. The summed E-state index contributed by atoms with van der Waals surface area (Å²) < 4.78 is 0. The molecule has 1 heterocycles. The van der Waals surface area contributed by atoms with E-state index in [1.165, 1.54) is 19.3 Å². The third-order valence-corrected chi connectivity index (χ3v) is 3.67. The van der Waals surface area contributed by atoms with Crippen LogP contribution in [-0.4, -0.2) is 24.5 Å². The van der Waals surface area contributed by atoms with Crippen LogP contribution in [0.15, 0.2) is 0 Å². The Morgan fingerprint density at radius 1 is 1.24 bits per heavy atom. The molecule has 0 radical (unpaired) electrons. The van der Waals surface area contributed by atoms with Crippen LogP contribution in [0.1, 0.15) is 65.2 Å². The molecule has 1 aliphatic heterocycles. The minimum Gasteiger partial charge on any atom is -0.354 e. The number of nitrogens with one attached hydrogen (secondary N) is 2. The number of unbranched alkanes of at least 4 members (excludes halogenated alkanes) is 3. The summed E-state index contributed by atoms with van der Waals surface area (Å²) in [4.78, 5) is 12.2. The van der Waals surface area contributed by atoms with Gasteiger partial charge in [-0.3, -0.25) is 4.79 Å². The lowest BCUT2D eigenvalue weighted by Crippen LogP contribution is -2.53. The summed E-state index contributed by atoms with van der Waals surface area (Å²) >= 11 is 0. The lowest BCUT2D eigenvalue weighted by Gasteiger charge is -2.27. The first-order valence-electron chi connectivity index (χ1n) is 7.28. The Bertz CT molecular complexity index is 222. The second-order valence-corrected chi connectivity index (χ2v) is 5.18. The third-order valence-electron chi connectivity index (χ3n) is 3.67. The first-order valence-corrected chi connectivity index (χ1v) is 7.28. The number of carbonyl (C=O) groups is 1. The molecule has 0 bridgehead atoms. The van der Waals surface area contributed by atoms with E-state index in [4.69, 9.17) is 0 Å². The maximum atomic E-state index is 12.2. The molecule has 1 saturated heterocycles. The van der Waals surface area contributed by atoms with Gasteiger partial charge in [0.25, 0.3) is 0 Å². The number of hydrogen-bond donors (Lipinski definition) is 2. The second-order valence-electron chi connectivity index (χ2n) is 5.18. The molecule has 1 unspecified atom stereocenters. The SMILES string of the molecule is CCCCCCNC(=O)C1(CCC)CCCN1. The highest BCUT2D eigenvalue weighted by molar-refractivity contribution is 5.86. The molecule has 1 amide bonds. The molecule has 0 spiro atoms. The molecule has 1 aliphatic rings. The molecule has 100 valence electrons. The van der Waals surface area contributed by atoms with Crippen LogP contribution >= 0.6 is 0 Å². The lowest BCUT2D eigenvalue weighted by molar-refractivity contribution is -0.127. The monoisotopic (exact) mass is 240 g/mol.